The van der Waals surface area contributed by atoms with E-state index >= 15 is 0 Å². The normalized spacial score (nSPS) is 10.8. The van der Waals surface area contributed by atoms with Crippen LogP contribution in [0.2, 0.25) is 0 Å². The summed E-state index contributed by atoms with van der Waals surface area (Å²) in [6.07, 6.45) is 1.87. The molecular weight excluding hydrogens is 210 g/mol. The molecule has 0 radical (unpaired) electrons. The summed E-state index contributed by atoms with van der Waals surface area (Å²) >= 11 is 0. The zero-order valence-electron chi connectivity index (χ0n) is 10.6. The SMILES string of the molecule is Cc1ncc(CNc2ccc(C(C)C)cc2)[nH]1. The minimum Gasteiger partial charge on any atom is -0.379 e. The van der Waals surface area contributed by atoms with Crippen LogP contribution in [0, 0.1) is 6.92 Å². The van der Waals surface area contributed by atoms with Crippen molar-refractivity contribution in [3.05, 3.63) is 47.5 Å². The fraction of sp³-hybridized carbons (Fsp3) is 0.357. The van der Waals surface area contributed by atoms with Gasteiger partial charge in [-0.25, -0.2) is 4.98 Å². The highest BCUT2D eigenvalue weighted by molar-refractivity contribution is 5.45. The summed E-state index contributed by atoms with van der Waals surface area (Å²) in [7, 11) is 0. The molecule has 0 aliphatic rings. The Balaban J connectivity index is 1.95. The lowest BCUT2D eigenvalue weighted by molar-refractivity contribution is 0.866. The second-order valence-corrected chi connectivity index (χ2v) is 4.62. The lowest BCUT2D eigenvalue weighted by Gasteiger charge is -2.08. The Labute approximate surface area is 102 Å². The minimum atomic E-state index is 0.583. The van der Waals surface area contributed by atoms with Crippen molar-refractivity contribution >= 4 is 5.69 Å². The molecule has 3 heteroatoms. The van der Waals surface area contributed by atoms with Gasteiger partial charge < -0.3 is 10.3 Å². The Morgan fingerprint density at radius 3 is 2.47 bits per heavy atom. The van der Waals surface area contributed by atoms with Crippen LogP contribution in [0.5, 0.6) is 0 Å². The maximum absolute atomic E-state index is 4.17. The summed E-state index contributed by atoms with van der Waals surface area (Å²) in [5.41, 5.74) is 3.62. The van der Waals surface area contributed by atoms with E-state index in [0.29, 0.717) is 5.92 Å². The molecule has 3 nitrogen and oxygen atoms in total. The van der Waals surface area contributed by atoms with Gasteiger partial charge in [0, 0.05) is 5.69 Å². The fourth-order valence-corrected chi connectivity index (χ4v) is 1.74. The van der Waals surface area contributed by atoms with Crippen molar-refractivity contribution in [1.29, 1.82) is 0 Å². The quantitative estimate of drug-likeness (QED) is 0.843. The molecular formula is C14H19N3. The van der Waals surface area contributed by atoms with Crippen LogP contribution in [-0.2, 0) is 6.54 Å². The Hall–Kier alpha value is -1.77. The van der Waals surface area contributed by atoms with E-state index in [1.165, 1.54) is 5.56 Å². The second-order valence-electron chi connectivity index (χ2n) is 4.62. The monoisotopic (exact) mass is 229 g/mol. The molecule has 2 rings (SSSR count). The van der Waals surface area contributed by atoms with Gasteiger partial charge in [0.1, 0.15) is 5.82 Å². The van der Waals surface area contributed by atoms with Gasteiger partial charge in [-0.15, -0.1) is 0 Å². The number of benzene rings is 1. The molecule has 1 aromatic heterocycles. The minimum absolute atomic E-state index is 0.583. The zero-order valence-corrected chi connectivity index (χ0v) is 10.6. The van der Waals surface area contributed by atoms with Crippen molar-refractivity contribution in [2.24, 2.45) is 0 Å². The first-order valence-electron chi connectivity index (χ1n) is 5.99. The molecule has 17 heavy (non-hydrogen) atoms. The molecule has 0 aliphatic carbocycles. The van der Waals surface area contributed by atoms with E-state index in [9.17, 15) is 0 Å². The first-order chi connectivity index (χ1) is 8.15. The molecule has 1 heterocycles. The van der Waals surface area contributed by atoms with Crippen molar-refractivity contribution < 1.29 is 0 Å². The smallest absolute Gasteiger partial charge is 0.103 e. The molecule has 0 spiro atoms. The van der Waals surface area contributed by atoms with Crippen LogP contribution >= 0.6 is 0 Å². The number of nitrogens with zero attached hydrogens (tertiary/aromatic N) is 1. The zero-order chi connectivity index (χ0) is 12.3. The summed E-state index contributed by atoms with van der Waals surface area (Å²) < 4.78 is 0. The van der Waals surface area contributed by atoms with E-state index in [1.54, 1.807) is 0 Å². The van der Waals surface area contributed by atoms with Crippen molar-refractivity contribution in [3.8, 4) is 0 Å². The fourth-order valence-electron chi connectivity index (χ4n) is 1.74. The van der Waals surface area contributed by atoms with E-state index in [-0.39, 0.29) is 0 Å². The highest BCUT2D eigenvalue weighted by atomic mass is 15.0. The first kappa shape index (κ1) is 11.7. The molecule has 1 aromatic carbocycles. The Morgan fingerprint density at radius 2 is 1.94 bits per heavy atom. The molecule has 2 aromatic rings. The van der Waals surface area contributed by atoms with E-state index in [0.717, 1.165) is 23.8 Å². The van der Waals surface area contributed by atoms with Gasteiger partial charge in [-0.2, -0.15) is 0 Å². The third kappa shape index (κ3) is 3.09. The summed E-state index contributed by atoms with van der Waals surface area (Å²) in [5, 5.41) is 3.37. The number of imidazole rings is 1. The van der Waals surface area contributed by atoms with Gasteiger partial charge in [0.15, 0.2) is 0 Å². The molecule has 0 unspecified atom stereocenters. The van der Waals surface area contributed by atoms with Crippen molar-refractivity contribution in [2.75, 3.05) is 5.32 Å². The Bertz CT molecular complexity index is 468. The Morgan fingerprint density at radius 1 is 1.24 bits per heavy atom. The lowest BCUT2D eigenvalue weighted by Crippen LogP contribution is -2.00. The van der Waals surface area contributed by atoms with Crippen LogP contribution in [0.3, 0.4) is 0 Å². The van der Waals surface area contributed by atoms with E-state index < -0.39 is 0 Å². The van der Waals surface area contributed by atoms with Crippen LogP contribution < -0.4 is 5.32 Å². The molecule has 0 amide bonds. The molecule has 0 atom stereocenters. The number of aryl methyl sites for hydroxylation is 1. The third-order valence-corrected chi connectivity index (χ3v) is 2.82. The second kappa shape index (κ2) is 5.04. The van der Waals surface area contributed by atoms with Gasteiger partial charge in [-0.3, -0.25) is 0 Å². The third-order valence-electron chi connectivity index (χ3n) is 2.82. The van der Waals surface area contributed by atoms with Gasteiger partial charge in [0.05, 0.1) is 18.4 Å². The number of nitrogens with one attached hydrogen (secondary N) is 2. The van der Waals surface area contributed by atoms with Crippen LogP contribution in [0.1, 0.15) is 36.8 Å². The van der Waals surface area contributed by atoms with E-state index in [2.05, 4.69) is 53.4 Å². The maximum Gasteiger partial charge on any atom is 0.103 e. The van der Waals surface area contributed by atoms with Crippen molar-refractivity contribution in [2.45, 2.75) is 33.2 Å². The van der Waals surface area contributed by atoms with Gasteiger partial charge in [-0.1, -0.05) is 26.0 Å². The molecule has 90 valence electrons. The van der Waals surface area contributed by atoms with Gasteiger partial charge in [-0.05, 0) is 30.5 Å². The maximum atomic E-state index is 4.17. The molecule has 0 bridgehead atoms. The van der Waals surface area contributed by atoms with Crippen LogP contribution in [0.4, 0.5) is 5.69 Å². The number of aromatic amines is 1. The van der Waals surface area contributed by atoms with Crippen LogP contribution in [0.15, 0.2) is 30.5 Å². The number of rotatable bonds is 4. The van der Waals surface area contributed by atoms with E-state index in [1.807, 2.05) is 13.1 Å². The highest BCUT2D eigenvalue weighted by Crippen LogP contribution is 2.17. The average Bonchev–Trinajstić information content (AvgIpc) is 2.73. The van der Waals surface area contributed by atoms with Gasteiger partial charge in [0.25, 0.3) is 0 Å². The molecule has 0 saturated carbocycles. The standard InChI is InChI=1S/C14H19N3/c1-10(2)12-4-6-13(7-5-12)16-9-14-8-15-11(3)17-14/h4-8,10,16H,9H2,1-3H3,(H,15,17). The highest BCUT2D eigenvalue weighted by Gasteiger charge is 1.99. The predicted molar refractivity (Wildman–Crippen MR) is 71.2 cm³/mol. The predicted octanol–water partition coefficient (Wildman–Crippen LogP) is 3.45. The lowest BCUT2D eigenvalue weighted by atomic mass is 10.0. The average molecular weight is 229 g/mol. The number of hydrogen-bond donors (Lipinski definition) is 2. The van der Waals surface area contributed by atoms with Gasteiger partial charge in [0.2, 0.25) is 0 Å². The summed E-state index contributed by atoms with van der Waals surface area (Å²) in [4.78, 5) is 7.37. The molecule has 0 saturated heterocycles. The number of anilines is 1. The van der Waals surface area contributed by atoms with Crippen LogP contribution in [-0.4, -0.2) is 9.97 Å². The molecule has 2 N–H and O–H groups in total. The largest absolute Gasteiger partial charge is 0.379 e. The van der Waals surface area contributed by atoms with Crippen molar-refractivity contribution in [1.82, 2.24) is 9.97 Å². The van der Waals surface area contributed by atoms with Crippen molar-refractivity contribution in [3.63, 3.8) is 0 Å². The number of hydrogen-bond acceptors (Lipinski definition) is 2. The summed E-state index contributed by atoms with van der Waals surface area (Å²) in [6.45, 7) is 7.15. The topological polar surface area (TPSA) is 40.7 Å². The summed E-state index contributed by atoms with van der Waals surface area (Å²) in [6, 6.07) is 8.59. The molecule has 0 fully saturated rings. The first-order valence-corrected chi connectivity index (χ1v) is 5.99. The van der Waals surface area contributed by atoms with E-state index in [4.69, 9.17) is 0 Å². The van der Waals surface area contributed by atoms with Gasteiger partial charge >= 0.3 is 0 Å². The Kier molecular flexibility index (Phi) is 3.47. The summed E-state index contributed by atoms with van der Waals surface area (Å²) in [5.74, 6) is 1.54. The number of H-pyrrole nitrogens is 1. The van der Waals surface area contributed by atoms with Crippen LogP contribution in [0.25, 0.3) is 0 Å². The number of aromatic nitrogens is 2. The molecule has 0 aliphatic heterocycles.